The van der Waals surface area contributed by atoms with Crippen LogP contribution in [0.5, 0.6) is 0 Å². The van der Waals surface area contributed by atoms with Crippen LogP contribution in [-0.4, -0.2) is 46.1 Å². The van der Waals surface area contributed by atoms with Crippen molar-refractivity contribution in [3.63, 3.8) is 0 Å². The monoisotopic (exact) mass is 341 g/mol. The van der Waals surface area contributed by atoms with E-state index in [9.17, 15) is 9.18 Å². The Bertz CT molecular complexity index is 756. The van der Waals surface area contributed by atoms with Crippen LogP contribution in [0.1, 0.15) is 18.4 Å². The number of amides is 2. The number of fused-ring (bicyclic) bond motifs is 1. The number of nitrogens with zero attached hydrogens (tertiary/aromatic N) is 4. The zero-order chi connectivity index (χ0) is 17.2. The van der Waals surface area contributed by atoms with E-state index < -0.39 is 0 Å². The molecule has 0 radical (unpaired) electrons. The normalized spacial score (nSPS) is 22.1. The van der Waals surface area contributed by atoms with Gasteiger partial charge in [0.2, 0.25) is 5.95 Å². The molecule has 7 heteroatoms. The minimum atomic E-state index is -0.290. The molecule has 6 nitrogen and oxygen atoms in total. The Morgan fingerprint density at radius 1 is 1.16 bits per heavy atom. The topological polar surface area (TPSA) is 61.4 Å². The van der Waals surface area contributed by atoms with Crippen molar-refractivity contribution in [3.05, 3.63) is 54.1 Å². The second-order valence-electron chi connectivity index (χ2n) is 6.44. The van der Waals surface area contributed by atoms with E-state index in [1.807, 2.05) is 4.90 Å². The highest BCUT2D eigenvalue weighted by molar-refractivity contribution is 5.75. The number of nitrogens with one attached hydrogen (secondary N) is 1. The predicted octanol–water partition coefficient (Wildman–Crippen LogP) is 2.18. The summed E-state index contributed by atoms with van der Waals surface area (Å²) in [7, 11) is 0. The number of rotatable bonds is 3. The van der Waals surface area contributed by atoms with Gasteiger partial charge in [0.1, 0.15) is 5.82 Å². The fourth-order valence-corrected chi connectivity index (χ4v) is 3.85. The molecule has 1 aromatic carbocycles. The SMILES string of the molecule is O=C(NCc1cccc(F)c1)N1CC[C@@H]2[C@@H]1CCN2c1ncccn1. The molecule has 2 aliphatic heterocycles. The molecule has 1 aromatic heterocycles. The quantitative estimate of drug-likeness (QED) is 0.930. The number of anilines is 1. The van der Waals surface area contributed by atoms with Crippen molar-refractivity contribution in [3.8, 4) is 0 Å². The molecule has 2 aliphatic rings. The molecule has 1 N–H and O–H groups in total. The van der Waals surface area contributed by atoms with E-state index in [0.29, 0.717) is 13.1 Å². The van der Waals surface area contributed by atoms with Crippen molar-refractivity contribution in [2.24, 2.45) is 0 Å². The lowest BCUT2D eigenvalue weighted by atomic mass is 10.1. The highest BCUT2D eigenvalue weighted by Gasteiger charge is 2.45. The van der Waals surface area contributed by atoms with E-state index in [1.54, 1.807) is 30.6 Å². The van der Waals surface area contributed by atoms with Crippen molar-refractivity contribution in [2.45, 2.75) is 31.5 Å². The van der Waals surface area contributed by atoms with E-state index in [4.69, 9.17) is 0 Å². The maximum absolute atomic E-state index is 13.2. The van der Waals surface area contributed by atoms with Crippen LogP contribution in [0, 0.1) is 5.82 Å². The molecule has 0 bridgehead atoms. The van der Waals surface area contributed by atoms with Crippen molar-refractivity contribution in [1.82, 2.24) is 20.2 Å². The van der Waals surface area contributed by atoms with Crippen LogP contribution in [0.2, 0.25) is 0 Å². The maximum atomic E-state index is 13.2. The number of carbonyl (C=O) groups excluding carboxylic acids is 1. The zero-order valence-electron chi connectivity index (χ0n) is 13.8. The number of benzene rings is 1. The largest absolute Gasteiger partial charge is 0.336 e. The molecule has 0 spiro atoms. The summed E-state index contributed by atoms with van der Waals surface area (Å²) in [5.41, 5.74) is 0.759. The average molecular weight is 341 g/mol. The van der Waals surface area contributed by atoms with Gasteiger partial charge in [-0.2, -0.15) is 0 Å². The van der Waals surface area contributed by atoms with Crippen LogP contribution in [0.25, 0.3) is 0 Å². The van der Waals surface area contributed by atoms with Gasteiger partial charge >= 0.3 is 6.03 Å². The van der Waals surface area contributed by atoms with Crippen molar-refractivity contribution >= 4 is 12.0 Å². The van der Waals surface area contributed by atoms with Crippen LogP contribution in [0.4, 0.5) is 15.1 Å². The standard InChI is InChI=1S/C18H20FN5O/c19-14-4-1-3-13(11-14)12-22-18(25)24-10-6-15-16(24)5-9-23(15)17-20-7-2-8-21-17/h1-4,7-8,11,15-16H,5-6,9-10,12H2,(H,22,25)/t15-,16+/m1/s1. The summed E-state index contributed by atoms with van der Waals surface area (Å²) in [5, 5.41) is 2.91. The number of hydrogen-bond donors (Lipinski definition) is 1. The first-order valence-electron chi connectivity index (χ1n) is 8.55. The van der Waals surface area contributed by atoms with Gasteiger partial charge in [-0.05, 0) is 36.6 Å². The maximum Gasteiger partial charge on any atom is 0.317 e. The molecule has 130 valence electrons. The van der Waals surface area contributed by atoms with Gasteiger partial charge in [0.25, 0.3) is 0 Å². The van der Waals surface area contributed by atoms with Crippen molar-refractivity contribution in [2.75, 3.05) is 18.0 Å². The lowest BCUT2D eigenvalue weighted by Crippen LogP contribution is -2.44. The molecule has 0 aliphatic carbocycles. The number of carbonyl (C=O) groups is 1. The lowest BCUT2D eigenvalue weighted by molar-refractivity contribution is 0.192. The van der Waals surface area contributed by atoms with Crippen LogP contribution in [0.15, 0.2) is 42.7 Å². The van der Waals surface area contributed by atoms with E-state index in [-0.39, 0.29) is 23.9 Å². The second-order valence-corrected chi connectivity index (χ2v) is 6.44. The summed E-state index contributed by atoms with van der Waals surface area (Å²) in [6, 6.07) is 8.45. The molecule has 3 heterocycles. The average Bonchev–Trinajstić information content (AvgIpc) is 3.22. The number of halogens is 1. The van der Waals surface area contributed by atoms with Gasteiger partial charge in [-0.3, -0.25) is 0 Å². The summed E-state index contributed by atoms with van der Waals surface area (Å²) in [5.74, 6) is 0.444. The molecular weight excluding hydrogens is 321 g/mol. The third kappa shape index (κ3) is 3.14. The van der Waals surface area contributed by atoms with Gasteiger partial charge in [0.15, 0.2) is 0 Å². The molecule has 2 saturated heterocycles. The third-order valence-electron chi connectivity index (χ3n) is 4.98. The molecular formula is C18H20FN5O. The molecule has 0 unspecified atom stereocenters. The van der Waals surface area contributed by atoms with Gasteiger partial charge in [0, 0.05) is 32.0 Å². The van der Waals surface area contributed by atoms with Crippen LogP contribution >= 0.6 is 0 Å². The fourth-order valence-electron chi connectivity index (χ4n) is 3.85. The summed E-state index contributed by atoms with van der Waals surface area (Å²) < 4.78 is 13.2. The van der Waals surface area contributed by atoms with Crippen LogP contribution < -0.4 is 10.2 Å². The Hall–Kier alpha value is -2.70. The highest BCUT2D eigenvalue weighted by Crippen LogP contribution is 2.33. The van der Waals surface area contributed by atoms with E-state index in [1.165, 1.54) is 12.1 Å². The zero-order valence-corrected chi connectivity index (χ0v) is 13.8. The first-order valence-corrected chi connectivity index (χ1v) is 8.55. The van der Waals surface area contributed by atoms with Crippen LogP contribution in [-0.2, 0) is 6.54 Å². The van der Waals surface area contributed by atoms with Gasteiger partial charge in [0.05, 0.1) is 12.1 Å². The van der Waals surface area contributed by atoms with Crippen molar-refractivity contribution in [1.29, 1.82) is 0 Å². The summed E-state index contributed by atoms with van der Waals surface area (Å²) >= 11 is 0. The molecule has 2 amide bonds. The Kier molecular flexibility index (Phi) is 4.21. The minimum absolute atomic E-state index is 0.0902. The summed E-state index contributed by atoms with van der Waals surface area (Å²) in [4.78, 5) is 25.3. The molecule has 25 heavy (non-hydrogen) atoms. The smallest absolute Gasteiger partial charge is 0.317 e. The Labute approximate surface area is 145 Å². The Morgan fingerprint density at radius 2 is 1.96 bits per heavy atom. The second kappa shape index (κ2) is 6.66. The molecule has 4 rings (SSSR count). The molecule has 2 fully saturated rings. The minimum Gasteiger partial charge on any atom is -0.336 e. The van der Waals surface area contributed by atoms with Gasteiger partial charge in [-0.1, -0.05) is 12.1 Å². The first kappa shape index (κ1) is 15.8. The predicted molar refractivity (Wildman–Crippen MR) is 91.5 cm³/mol. The number of aromatic nitrogens is 2. The van der Waals surface area contributed by atoms with Gasteiger partial charge < -0.3 is 15.1 Å². The van der Waals surface area contributed by atoms with E-state index >= 15 is 0 Å². The van der Waals surface area contributed by atoms with Crippen LogP contribution in [0.3, 0.4) is 0 Å². The summed E-state index contributed by atoms with van der Waals surface area (Å²) in [6.07, 6.45) is 5.31. The number of likely N-dealkylation sites (tertiary alicyclic amines) is 1. The first-order chi connectivity index (χ1) is 12.2. The van der Waals surface area contributed by atoms with E-state index in [0.717, 1.165) is 30.9 Å². The van der Waals surface area contributed by atoms with E-state index in [2.05, 4.69) is 20.2 Å². The molecule has 0 saturated carbocycles. The summed E-state index contributed by atoms with van der Waals surface area (Å²) in [6.45, 7) is 1.90. The van der Waals surface area contributed by atoms with Crippen molar-refractivity contribution < 1.29 is 9.18 Å². The van der Waals surface area contributed by atoms with Gasteiger partial charge in [-0.25, -0.2) is 19.2 Å². The number of hydrogen-bond acceptors (Lipinski definition) is 4. The molecule has 2 atom stereocenters. The Balaban J connectivity index is 1.39. The van der Waals surface area contributed by atoms with Gasteiger partial charge in [-0.15, -0.1) is 0 Å². The Morgan fingerprint density at radius 3 is 2.76 bits per heavy atom. The highest BCUT2D eigenvalue weighted by atomic mass is 19.1. The number of urea groups is 1. The molecule has 2 aromatic rings. The third-order valence-corrected chi connectivity index (χ3v) is 4.98. The fraction of sp³-hybridized carbons (Fsp3) is 0.389. The lowest BCUT2D eigenvalue weighted by Gasteiger charge is -2.25.